The molecular formula is C46H58N10O11S. The van der Waals surface area contributed by atoms with E-state index in [1.54, 1.807) is 62.3 Å². The molecule has 21 nitrogen and oxygen atoms in total. The summed E-state index contributed by atoms with van der Waals surface area (Å²) in [6.45, 7) is 15.6. The Balaban J connectivity index is 1.18. The van der Waals surface area contributed by atoms with E-state index in [4.69, 9.17) is 23.8 Å². The Morgan fingerprint density at radius 1 is 0.853 bits per heavy atom. The Bertz CT molecular complexity index is 2430. The molecule has 2 aromatic carbocycles. The molecule has 5 N–H and O–H groups in total. The van der Waals surface area contributed by atoms with Crippen LogP contribution in [0.3, 0.4) is 0 Å². The second-order valence-electron chi connectivity index (χ2n) is 19.1. The molecule has 3 heterocycles. The average molecular weight is 959 g/mol. The Morgan fingerprint density at radius 3 is 2.01 bits per heavy atom. The van der Waals surface area contributed by atoms with Crippen LogP contribution in [0.5, 0.6) is 0 Å². The predicted octanol–water partition coefficient (Wildman–Crippen LogP) is 5.83. The number of amides is 5. The van der Waals surface area contributed by atoms with Gasteiger partial charge < -0.3 is 45.1 Å². The quantitative estimate of drug-likeness (QED) is 0.0274. The van der Waals surface area contributed by atoms with Gasteiger partial charge in [-0.05, 0) is 79.9 Å². The zero-order valence-corrected chi connectivity index (χ0v) is 40.2. The van der Waals surface area contributed by atoms with E-state index in [0.29, 0.717) is 5.69 Å². The number of oxime groups is 1. The van der Waals surface area contributed by atoms with Gasteiger partial charge in [0.2, 0.25) is 11.5 Å². The molecule has 68 heavy (non-hydrogen) atoms. The van der Waals surface area contributed by atoms with Crippen LogP contribution < -0.4 is 26.6 Å². The van der Waals surface area contributed by atoms with Crippen LogP contribution in [-0.4, -0.2) is 103 Å². The van der Waals surface area contributed by atoms with Crippen LogP contribution in [0.15, 0.2) is 77.4 Å². The first-order chi connectivity index (χ1) is 32.0. The third-order valence-electron chi connectivity index (χ3n) is 9.75. The minimum Gasteiger partial charge on any atom is -0.450 e. The summed E-state index contributed by atoms with van der Waals surface area (Å²) in [7, 11) is 0. The molecule has 2 aliphatic rings. The fourth-order valence-electron chi connectivity index (χ4n) is 6.49. The summed E-state index contributed by atoms with van der Waals surface area (Å²) in [5.41, 5.74) is -2.47. The molecule has 6 rings (SSSR count). The lowest BCUT2D eigenvalue weighted by Crippen LogP contribution is -2.70. The van der Waals surface area contributed by atoms with E-state index < -0.39 is 88.4 Å². The molecule has 2 aromatic heterocycles. The van der Waals surface area contributed by atoms with Crippen LogP contribution in [0.1, 0.15) is 116 Å². The number of rotatable bonds is 17. The molecule has 364 valence electrons. The number of esters is 1. The summed E-state index contributed by atoms with van der Waals surface area (Å²) in [5, 5.41) is 28.0. The van der Waals surface area contributed by atoms with Crippen molar-refractivity contribution in [2.24, 2.45) is 5.16 Å². The van der Waals surface area contributed by atoms with Crippen molar-refractivity contribution in [3.63, 3.8) is 0 Å². The largest absolute Gasteiger partial charge is 0.450 e. The molecule has 0 spiro atoms. The van der Waals surface area contributed by atoms with Crippen molar-refractivity contribution < 1.29 is 52.6 Å². The van der Waals surface area contributed by atoms with Crippen LogP contribution in [0.25, 0.3) is 0 Å². The van der Waals surface area contributed by atoms with Crippen LogP contribution in [0.2, 0.25) is 0 Å². The molecule has 1 aliphatic heterocycles. The third-order valence-corrected chi connectivity index (χ3v) is 10.5. The van der Waals surface area contributed by atoms with E-state index in [-0.39, 0.29) is 43.2 Å². The maximum atomic E-state index is 14.2. The molecule has 2 fully saturated rings. The van der Waals surface area contributed by atoms with Gasteiger partial charge in [0.15, 0.2) is 16.9 Å². The molecule has 22 heteroatoms. The average Bonchev–Trinajstić information content (AvgIpc) is 3.65. The first-order valence-electron chi connectivity index (χ1n) is 22.0. The van der Waals surface area contributed by atoms with Crippen molar-refractivity contribution in [2.75, 3.05) is 11.9 Å². The number of aromatic nitrogens is 4. The van der Waals surface area contributed by atoms with Gasteiger partial charge in [0.05, 0.1) is 24.8 Å². The highest BCUT2D eigenvalue weighted by molar-refractivity contribution is 7.14. The van der Waals surface area contributed by atoms with Gasteiger partial charge in [-0.1, -0.05) is 65.8 Å². The molecule has 1 saturated heterocycles. The van der Waals surface area contributed by atoms with Gasteiger partial charge in [-0.2, -0.15) is 15.0 Å². The number of carbonyl (C=O) groups excluding carboxylic acids is 6. The van der Waals surface area contributed by atoms with Gasteiger partial charge in [-0.15, -0.1) is 11.3 Å². The SMILES string of the molecule is CC(C)(C)OC(=O)NCC[C@H](NC(=O)OC(C)(C)C)c1cnn(C[C@H]2NC(=O)[C@H]2NC(=O)/C(=N\OC2(C(=O)OC(c3ccccc3)c3ccccc3)CC2)c2csc(NC(=O)OC(C)(C)C)n2)n1. The van der Waals surface area contributed by atoms with Gasteiger partial charge >= 0.3 is 24.2 Å². The van der Waals surface area contributed by atoms with E-state index in [1.165, 1.54) is 16.4 Å². The van der Waals surface area contributed by atoms with Gasteiger partial charge in [-0.3, -0.25) is 14.9 Å². The number of alkyl carbamates (subject to hydrolysis) is 2. The minimum atomic E-state index is -1.53. The molecule has 1 saturated carbocycles. The summed E-state index contributed by atoms with van der Waals surface area (Å²) in [6.07, 6.45) is -0.803. The number of carbonyl (C=O) groups is 6. The summed E-state index contributed by atoms with van der Waals surface area (Å²) in [6, 6.07) is 15.8. The lowest BCUT2D eigenvalue weighted by molar-refractivity contribution is -0.164. The van der Waals surface area contributed by atoms with Crippen molar-refractivity contribution in [3.8, 4) is 0 Å². The first kappa shape index (κ1) is 50.3. The zero-order chi connectivity index (χ0) is 49.4. The van der Waals surface area contributed by atoms with Gasteiger partial charge in [0.25, 0.3) is 5.91 Å². The maximum absolute atomic E-state index is 14.2. The minimum absolute atomic E-state index is 0.0193. The number of β-lactam (4-membered cyclic amide) rings is 1. The highest BCUT2D eigenvalue weighted by Crippen LogP contribution is 2.43. The van der Waals surface area contributed by atoms with E-state index in [0.717, 1.165) is 22.5 Å². The van der Waals surface area contributed by atoms with Crippen LogP contribution in [-0.2, 0) is 44.7 Å². The molecular weight excluding hydrogens is 901 g/mol. The van der Waals surface area contributed by atoms with E-state index >= 15 is 0 Å². The Labute approximate surface area is 397 Å². The second-order valence-corrected chi connectivity index (χ2v) is 20.0. The number of nitrogens with one attached hydrogen (secondary N) is 5. The number of hydrogen-bond donors (Lipinski definition) is 5. The zero-order valence-electron chi connectivity index (χ0n) is 39.4. The Hall–Kier alpha value is -7.10. The predicted molar refractivity (Wildman–Crippen MR) is 247 cm³/mol. The summed E-state index contributed by atoms with van der Waals surface area (Å²) < 4.78 is 22.2. The third kappa shape index (κ3) is 14.4. The molecule has 0 unspecified atom stereocenters. The molecule has 1 aliphatic carbocycles. The molecule has 3 atom stereocenters. The first-order valence-corrected chi connectivity index (χ1v) is 22.8. The summed E-state index contributed by atoms with van der Waals surface area (Å²) >= 11 is 0.978. The molecule has 5 amide bonds. The van der Waals surface area contributed by atoms with Crippen LogP contribution >= 0.6 is 11.3 Å². The number of ether oxygens (including phenoxy) is 4. The van der Waals surface area contributed by atoms with E-state index in [1.807, 2.05) is 60.7 Å². The van der Waals surface area contributed by atoms with Crippen molar-refractivity contribution >= 4 is 58.2 Å². The van der Waals surface area contributed by atoms with Crippen molar-refractivity contribution in [3.05, 3.63) is 94.8 Å². The maximum Gasteiger partial charge on any atom is 0.413 e. The summed E-state index contributed by atoms with van der Waals surface area (Å²) in [5.74, 6) is -2.10. The Kier molecular flexibility index (Phi) is 15.4. The van der Waals surface area contributed by atoms with Crippen molar-refractivity contribution in [1.29, 1.82) is 0 Å². The lowest BCUT2D eigenvalue weighted by Gasteiger charge is -2.36. The smallest absolute Gasteiger partial charge is 0.413 e. The standard InChI is InChI=1S/C46H58N10O11S/c1-43(2,3)64-40(60)47-23-20-29(51-41(61)65-44(4,5)6)30-24-48-56(54-30)25-31-33(36(57)49-31)52-37(58)34(32-26-68-39(50-32)53-42(62)66-45(7,8)9)55-67-46(21-22-46)38(59)63-35(27-16-12-10-13-17-27)28-18-14-11-15-19-28/h10-19,24,26,29,31,33,35H,20-23,25H2,1-9H3,(H,47,60)(H,49,57)(H,51,61)(H,52,58)(H,50,53,62)/b55-34-/t29-,31+,33-/m0/s1. The van der Waals surface area contributed by atoms with Gasteiger partial charge in [-0.25, -0.2) is 24.2 Å². The number of thiazole rings is 1. The van der Waals surface area contributed by atoms with E-state index in [9.17, 15) is 28.8 Å². The topological polar surface area (TPSA) is 265 Å². The fourth-order valence-corrected chi connectivity index (χ4v) is 7.17. The number of benzene rings is 2. The van der Waals surface area contributed by atoms with Crippen LogP contribution in [0, 0.1) is 0 Å². The number of hydrogen-bond acceptors (Lipinski definition) is 16. The van der Waals surface area contributed by atoms with Crippen molar-refractivity contribution in [2.45, 2.75) is 135 Å². The monoisotopic (exact) mass is 958 g/mol. The number of anilines is 1. The van der Waals surface area contributed by atoms with Crippen LogP contribution in [0.4, 0.5) is 19.5 Å². The molecule has 4 aromatic rings. The normalized spacial score (nSPS) is 17.1. The summed E-state index contributed by atoms with van der Waals surface area (Å²) in [4.78, 5) is 90.5. The molecule has 0 radical (unpaired) electrons. The van der Waals surface area contributed by atoms with E-state index in [2.05, 4.69) is 46.9 Å². The second kappa shape index (κ2) is 20.8. The lowest BCUT2D eigenvalue weighted by atomic mass is 9.98. The van der Waals surface area contributed by atoms with Crippen molar-refractivity contribution in [1.82, 2.24) is 41.2 Å². The molecule has 0 bridgehead atoms. The van der Waals surface area contributed by atoms with Gasteiger partial charge in [0, 0.05) is 24.8 Å². The highest BCUT2D eigenvalue weighted by Gasteiger charge is 2.56. The number of nitrogens with zero attached hydrogens (tertiary/aromatic N) is 5. The fraction of sp³-hybridized carbons (Fsp3) is 0.478. The van der Waals surface area contributed by atoms with Gasteiger partial charge in [0.1, 0.15) is 34.2 Å². The Morgan fingerprint density at radius 2 is 1.44 bits per heavy atom. The highest BCUT2D eigenvalue weighted by atomic mass is 32.1.